The lowest BCUT2D eigenvalue weighted by Crippen LogP contribution is -2.55. The largest absolute Gasteiger partial charge is 0.465 e. The van der Waals surface area contributed by atoms with Gasteiger partial charge < -0.3 is 9.47 Å². The van der Waals surface area contributed by atoms with Gasteiger partial charge in [0.2, 0.25) is 5.41 Å². The monoisotopic (exact) mass is 292 g/mol. The Morgan fingerprint density at radius 2 is 1.35 bits per heavy atom. The van der Waals surface area contributed by atoms with Gasteiger partial charge in [-0.05, 0) is 26.7 Å². The summed E-state index contributed by atoms with van der Waals surface area (Å²) in [6, 6.07) is 0. The van der Waals surface area contributed by atoms with Gasteiger partial charge in [0.25, 0.3) is 5.92 Å². The molecule has 0 atom stereocenters. The van der Waals surface area contributed by atoms with E-state index in [-0.39, 0.29) is 26.1 Å². The second kappa shape index (κ2) is 6.99. The molecule has 0 radical (unpaired) electrons. The Bertz CT molecular complexity index is 337. The highest BCUT2D eigenvalue weighted by Crippen LogP contribution is 2.48. The molecule has 0 aliphatic heterocycles. The van der Waals surface area contributed by atoms with E-state index in [0.29, 0.717) is 12.8 Å². The molecule has 116 valence electrons. The Labute approximate surface area is 117 Å². The van der Waals surface area contributed by atoms with Crippen LogP contribution in [0.25, 0.3) is 0 Å². The SMILES string of the molecule is CCOC(=O)C1(C(=O)OCC)CCCCCCC1(F)F. The number of rotatable bonds is 4. The van der Waals surface area contributed by atoms with Crippen LogP contribution in [0.4, 0.5) is 8.78 Å². The Morgan fingerprint density at radius 1 is 0.900 bits per heavy atom. The fourth-order valence-electron chi connectivity index (χ4n) is 2.58. The Balaban J connectivity index is 3.21. The fraction of sp³-hybridized carbons (Fsp3) is 0.857. The van der Waals surface area contributed by atoms with Crippen molar-refractivity contribution in [1.82, 2.24) is 0 Å². The first-order chi connectivity index (χ1) is 9.42. The van der Waals surface area contributed by atoms with Crippen molar-refractivity contribution < 1.29 is 27.8 Å². The van der Waals surface area contributed by atoms with E-state index in [1.165, 1.54) is 13.8 Å². The van der Waals surface area contributed by atoms with Gasteiger partial charge in [-0.1, -0.05) is 19.3 Å². The van der Waals surface area contributed by atoms with E-state index in [9.17, 15) is 18.4 Å². The van der Waals surface area contributed by atoms with Crippen molar-refractivity contribution in [3.63, 3.8) is 0 Å². The molecular formula is C14H22F2O4. The molecule has 0 aromatic heterocycles. The molecule has 6 heteroatoms. The summed E-state index contributed by atoms with van der Waals surface area (Å²) in [7, 11) is 0. The number of alkyl halides is 2. The minimum atomic E-state index is -3.44. The van der Waals surface area contributed by atoms with Crippen molar-refractivity contribution in [3.8, 4) is 0 Å². The summed E-state index contributed by atoms with van der Waals surface area (Å²) in [5, 5.41) is 0. The number of hydrogen-bond acceptors (Lipinski definition) is 4. The molecule has 4 nitrogen and oxygen atoms in total. The van der Waals surface area contributed by atoms with Gasteiger partial charge in [0.05, 0.1) is 13.2 Å². The summed E-state index contributed by atoms with van der Waals surface area (Å²) in [5.74, 6) is -5.76. The topological polar surface area (TPSA) is 52.6 Å². The lowest BCUT2D eigenvalue weighted by atomic mass is 9.73. The maximum Gasteiger partial charge on any atom is 0.329 e. The third-order valence-corrected chi connectivity index (χ3v) is 3.66. The quantitative estimate of drug-likeness (QED) is 0.590. The lowest BCUT2D eigenvalue weighted by molar-refractivity contribution is -0.206. The zero-order chi connectivity index (χ0) is 15.2. The maximum atomic E-state index is 14.5. The van der Waals surface area contributed by atoms with Crippen LogP contribution in [0.1, 0.15) is 52.4 Å². The molecule has 1 rings (SSSR count). The van der Waals surface area contributed by atoms with Crippen molar-refractivity contribution in [3.05, 3.63) is 0 Å². The van der Waals surface area contributed by atoms with Crippen LogP contribution in [0.15, 0.2) is 0 Å². The molecular weight excluding hydrogens is 270 g/mol. The van der Waals surface area contributed by atoms with Gasteiger partial charge in [-0.15, -0.1) is 0 Å². The first-order valence-corrected chi connectivity index (χ1v) is 7.14. The van der Waals surface area contributed by atoms with E-state index in [1.54, 1.807) is 0 Å². The van der Waals surface area contributed by atoms with E-state index >= 15 is 0 Å². The van der Waals surface area contributed by atoms with Crippen LogP contribution in [0.2, 0.25) is 0 Å². The second-order valence-electron chi connectivity index (χ2n) is 4.96. The lowest BCUT2D eigenvalue weighted by Gasteiger charge is -2.37. The van der Waals surface area contributed by atoms with Crippen molar-refractivity contribution in [2.75, 3.05) is 13.2 Å². The molecule has 0 bridgehead atoms. The minimum absolute atomic E-state index is 0.0456. The van der Waals surface area contributed by atoms with E-state index in [1.807, 2.05) is 0 Å². The zero-order valence-corrected chi connectivity index (χ0v) is 12.0. The van der Waals surface area contributed by atoms with E-state index in [0.717, 1.165) is 6.42 Å². The number of hydrogen-bond donors (Lipinski definition) is 0. The Morgan fingerprint density at radius 3 is 1.80 bits per heavy atom. The van der Waals surface area contributed by atoms with Crippen LogP contribution in [-0.4, -0.2) is 31.1 Å². The van der Waals surface area contributed by atoms with Crippen LogP contribution < -0.4 is 0 Å². The minimum Gasteiger partial charge on any atom is -0.465 e. The van der Waals surface area contributed by atoms with Gasteiger partial charge in [-0.25, -0.2) is 8.78 Å². The normalized spacial score (nSPS) is 21.4. The molecule has 0 aromatic rings. The highest BCUT2D eigenvalue weighted by atomic mass is 19.3. The van der Waals surface area contributed by atoms with Crippen molar-refractivity contribution in [2.45, 2.75) is 58.3 Å². The number of ether oxygens (including phenoxy) is 2. The molecule has 0 aromatic carbocycles. The molecule has 1 aliphatic rings. The number of carbonyl (C=O) groups excluding carboxylic acids is 2. The molecule has 20 heavy (non-hydrogen) atoms. The Hall–Kier alpha value is -1.20. The second-order valence-corrected chi connectivity index (χ2v) is 4.96. The summed E-state index contributed by atoms with van der Waals surface area (Å²) >= 11 is 0. The van der Waals surface area contributed by atoms with Gasteiger partial charge in [0, 0.05) is 6.42 Å². The first-order valence-electron chi connectivity index (χ1n) is 7.14. The molecule has 0 unspecified atom stereocenters. The van der Waals surface area contributed by atoms with Crippen LogP contribution in [-0.2, 0) is 19.1 Å². The van der Waals surface area contributed by atoms with Gasteiger partial charge in [0.1, 0.15) is 0 Å². The average molecular weight is 292 g/mol. The van der Waals surface area contributed by atoms with Crippen LogP contribution in [0, 0.1) is 5.41 Å². The molecule has 0 N–H and O–H groups in total. The zero-order valence-electron chi connectivity index (χ0n) is 12.0. The van der Waals surface area contributed by atoms with Crippen molar-refractivity contribution in [1.29, 1.82) is 0 Å². The molecule has 0 heterocycles. The van der Waals surface area contributed by atoms with E-state index < -0.39 is 29.7 Å². The predicted octanol–water partition coefficient (Wildman–Crippen LogP) is 3.09. The summed E-state index contributed by atoms with van der Waals surface area (Å²) in [6.07, 6.45) is 1.34. The van der Waals surface area contributed by atoms with Gasteiger partial charge in [-0.3, -0.25) is 9.59 Å². The van der Waals surface area contributed by atoms with Crippen molar-refractivity contribution >= 4 is 11.9 Å². The van der Waals surface area contributed by atoms with Crippen LogP contribution in [0.5, 0.6) is 0 Å². The summed E-state index contributed by atoms with van der Waals surface area (Å²) < 4.78 is 38.5. The molecule has 0 saturated heterocycles. The van der Waals surface area contributed by atoms with Crippen LogP contribution >= 0.6 is 0 Å². The van der Waals surface area contributed by atoms with Crippen molar-refractivity contribution in [2.24, 2.45) is 5.41 Å². The van der Waals surface area contributed by atoms with E-state index in [2.05, 4.69) is 0 Å². The maximum absolute atomic E-state index is 14.5. The number of carbonyl (C=O) groups is 2. The number of halogens is 2. The standard InChI is InChI=1S/C14H22F2O4/c1-3-19-11(17)13(12(18)20-4-2)9-7-5-6-8-10-14(13,15)16/h3-10H2,1-2H3. The average Bonchev–Trinajstić information content (AvgIpc) is 2.36. The molecule has 0 spiro atoms. The fourth-order valence-corrected chi connectivity index (χ4v) is 2.58. The summed E-state index contributed by atoms with van der Waals surface area (Å²) in [5.41, 5.74) is -2.49. The molecule has 0 amide bonds. The third kappa shape index (κ3) is 3.10. The molecule has 1 fully saturated rings. The summed E-state index contributed by atoms with van der Waals surface area (Å²) in [4.78, 5) is 24.2. The van der Waals surface area contributed by atoms with Gasteiger partial charge in [0.15, 0.2) is 0 Å². The predicted molar refractivity (Wildman–Crippen MR) is 68.3 cm³/mol. The van der Waals surface area contributed by atoms with Crippen LogP contribution in [0.3, 0.4) is 0 Å². The highest BCUT2D eigenvalue weighted by Gasteiger charge is 2.65. The van der Waals surface area contributed by atoms with Gasteiger partial charge in [-0.2, -0.15) is 0 Å². The third-order valence-electron chi connectivity index (χ3n) is 3.66. The highest BCUT2D eigenvalue weighted by molar-refractivity contribution is 6.01. The number of esters is 2. The van der Waals surface area contributed by atoms with E-state index in [4.69, 9.17) is 9.47 Å². The van der Waals surface area contributed by atoms with Gasteiger partial charge >= 0.3 is 11.9 Å². The molecule has 1 saturated carbocycles. The first kappa shape index (κ1) is 16.9. The smallest absolute Gasteiger partial charge is 0.329 e. The molecule has 1 aliphatic carbocycles. The Kier molecular flexibility index (Phi) is 5.89. The summed E-state index contributed by atoms with van der Waals surface area (Å²) in [6.45, 7) is 2.96.